The Bertz CT molecular complexity index is 1210. The van der Waals surface area contributed by atoms with Crippen LogP contribution in [0.1, 0.15) is 12.5 Å². The summed E-state index contributed by atoms with van der Waals surface area (Å²) in [5, 5.41) is 5.45. The molecule has 9 nitrogen and oxygen atoms in total. The Labute approximate surface area is 205 Å². The molecule has 2 N–H and O–H groups in total. The Balaban J connectivity index is 1.30. The van der Waals surface area contributed by atoms with Crippen LogP contribution in [0, 0.1) is 0 Å². The van der Waals surface area contributed by atoms with Crippen molar-refractivity contribution in [3.05, 3.63) is 78.6 Å². The van der Waals surface area contributed by atoms with Crippen molar-refractivity contribution < 1.29 is 17.9 Å². The smallest absolute Gasteiger partial charge is 0.319 e. The molecule has 1 aliphatic rings. The number of urea groups is 1. The van der Waals surface area contributed by atoms with Crippen molar-refractivity contribution in [1.29, 1.82) is 0 Å². The quantitative estimate of drug-likeness (QED) is 0.497. The summed E-state index contributed by atoms with van der Waals surface area (Å²) in [7, 11) is -3.62. The first-order valence-electron chi connectivity index (χ1n) is 11.5. The maximum Gasteiger partial charge on any atom is 0.319 e. The third kappa shape index (κ3) is 6.28. The molecule has 2 heterocycles. The van der Waals surface area contributed by atoms with Gasteiger partial charge in [0.15, 0.2) is 0 Å². The number of benzene rings is 2. The van der Waals surface area contributed by atoms with Gasteiger partial charge in [0, 0.05) is 56.5 Å². The highest BCUT2D eigenvalue weighted by Gasteiger charge is 2.28. The molecule has 10 heteroatoms. The number of piperazine rings is 1. The van der Waals surface area contributed by atoms with Crippen LogP contribution in [0.5, 0.6) is 5.75 Å². The topological polar surface area (TPSA) is 104 Å². The van der Waals surface area contributed by atoms with Crippen LogP contribution < -0.4 is 20.3 Å². The molecular formula is C25H29N5O4S. The van der Waals surface area contributed by atoms with Crippen LogP contribution in [-0.2, 0) is 16.6 Å². The van der Waals surface area contributed by atoms with Crippen molar-refractivity contribution >= 4 is 27.4 Å². The summed E-state index contributed by atoms with van der Waals surface area (Å²) in [5.74, 6) is 0.821. The van der Waals surface area contributed by atoms with Gasteiger partial charge in [0.25, 0.3) is 0 Å². The number of ether oxygens (including phenoxy) is 1. The predicted molar refractivity (Wildman–Crippen MR) is 135 cm³/mol. The second-order valence-electron chi connectivity index (χ2n) is 8.01. The summed E-state index contributed by atoms with van der Waals surface area (Å²) in [6, 6.07) is 17.3. The molecule has 0 atom stereocenters. The fourth-order valence-corrected chi connectivity index (χ4v) is 5.25. The maximum absolute atomic E-state index is 13.1. The third-order valence-corrected chi connectivity index (χ3v) is 7.59. The number of hydrogen-bond donors (Lipinski definition) is 2. The number of nitrogens with one attached hydrogen (secondary N) is 2. The molecule has 2 aromatic carbocycles. The first kappa shape index (κ1) is 24.5. The van der Waals surface area contributed by atoms with Gasteiger partial charge in [-0.15, -0.1) is 0 Å². The Morgan fingerprint density at radius 3 is 2.34 bits per heavy atom. The number of pyridine rings is 1. The monoisotopic (exact) mass is 495 g/mol. The highest BCUT2D eigenvalue weighted by Crippen LogP contribution is 2.24. The largest absolute Gasteiger partial charge is 0.494 e. The van der Waals surface area contributed by atoms with Crippen molar-refractivity contribution in [2.24, 2.45) is 0 Å². The minimum Gasteiger partial charge on any atom is -0.494 e. The maximum atomic E-state index is 13.1. The SMILES string of the molecule is CCOc1ccc(N2CCN(S(=O)(=O)c3ccc(NC(=O)NCc4cccnc4)cc3)CC2)cc1. The first-order valence-corrected chi connectivity index (χ1v) is 12.9. The average molecular weight is 496 g/mol. The average Bonchev–Trinajstić information content (AvgIpc) is 2.89. The Hall–Kier alpha value is -3.63. The van der Waals surface area contributed by atoms with Gasteiger partial charge < -0.3 is 20.3 Å². The molecular weight excluding hydrogens is 466 g/mol. The highest BCUT2D eigenvalue weighted by molar-refractivity contribution is 7.89. The Morgan fingerprint density at radius 1 is 1.00 bits per heavy atom. The number of sulfonamides is 1. The standard InChI is InChI=1S/C25H29N5O4S/c1-2-34-23-9-7-22(8-10-23)29-14-16-30(17-15-29)35(32,33)24-11-5-21(6-12-24)28-25(31)27-19-20-4-3-13-26-18-20/h3-13,18H,2,14-17,19H2,1H3,(H2,27,28,31). The number of aromatic nitrogens is 1. The van der Waals surface area contributed by atoms with Crippen LogP contribution in [0.15, 0.2) is 78.0 Å². The summed E-state index contributed by atoms with van der Waals surface area (Å²) in [5.41, 5.74) is 2.43. The number of hydrogen-bond acceptors (Lipinski definition) is 6. The molecule has 4 rings (SSSR count). The molecule has 1 fully saturated rings. The fourth-order valence-electron chi connectivity index (χ4n) is 3.83. The lowest BCUT2D eigenvalue weighted by Crippen LogP contribution is -2.48. The van der Waals surface area contributed by atoms with Crippen LogP contribution in [0.4, 0.5) is 16.2 Å². The summed E-state index contributed by atoms with van der Waals surface area (Å²) in [6.07, 6.45) is 3.35. The number of carbonyl (C=O) groups excluding carboxylic acids is 1. The predicted octanol–water partition coefficient (Wildman–Crippen LogP) is 3.31. The van der Waals surface area contributed by atoms with E-state index in [9.17, 15) is 13.2 Å². The van der Waals surface area contributed by atoms with Gasteiger partial charge >= 0.3 is 6.03 Å². The molecule has 3 aromatic rings. The number of carbonyl (C=O) groups is 1. The molecule has 0 saturated carbocycles. The van der Waals surface area contributed by atoms with Crippen LogP contribution in [-0.4, -0.2) is 56.5 Å². The van der Waals surface area contributed by atoms with Crippen molar-refractivity contribution in [2.75, 3.05) is 43.0 Å². The van der Waals surface area contributed by atoms with Crippen molar-refractivity contribution in [2.45, 2.75) is 18.4 Å². The molecule has 184 valence electrons. The molecule has 0 aliphatic carbocycles. The van der Waals surface area contributed by atoms with Gasteiger partial charge in [0.05, 0.1) is 11.5 Å². The van der Waals surface area contributed by atoms with E-state index in [4.69, 9.17) is 4.74 Å². The molecule has 0 spiro atoms. The van der Waals surface area contributed by atoms with E-state index in [2.05, 4.69) is 20.5 Å². The van der Waals surface area contributed by atoms with E-state index in [1.807, 2.05) is 37.3 Å². The molecule has 1 saturated heterocycles. The normalized spacial score (nSPS) is 14.4. The second kappa shape index (κ2) is 11.2. The number of amides is 2. The minimum atomic E-state index is -3.62. The van der Waals surface area contributed by atoms with Gasteiger partial charge in [-0.25, -0.2) is 13.2 Å². The van der Waals surface area contributed by atoms with Crippen molar-refractivity contribution in [3.63, 3.8) is 0 Å². The Morgan fingerprint density at radius 2 is 1.71 bits per heavy atom. The van der Waals surface area contributed by atoms with Crippen LogP contribution in [0.3, 0.4) is 0 Å². The molecule has 2 amide bonds. The van der Waals surface area contributed by atoms with Gasteiger partial charge in [-0.05, 0) is 67.1 Å². The molecule has 35 heavy (non-hydrogen) atoms. The lowest BCUT2D eigenvalue weighted by molar-refractivity contribution is 0.251. The molecule has 0 unspecified atom stereocenters. The van der Waals surface area contributed by atoms with Gasteiger partial charge in [-0.2, -0.15) is 4.31 Å². The van der Waals surface area contributed by atoms with E-state index in [1.165, 1.54) is 16.4 Å². The molecule has 0 radical (unpaired) electrons. The van der Waals surface area contributed by atoms with E-state index >= 15 is 0 Å². The summed E-state index contributed by atoms with van der Waals surface area (Å²) in [4.78, 5) is 18.5. The number of rotatable bonds is 8. The minimum absolute atomic E-state index is 0.202. The van der Waals surface area contributed by atoms with E-state index in [1.54, 1.807) is 30.6 Å². The van der Waals surface area contributed by atoms with Crippen molar-refractivity contribution in [1.82, 2.24) is 14.6 Å². The highest BCUT2D eigenvalue weighted by atomic mass is 32.2. The third-order valence-electron chi connectivity index (χ3n) is 5.68. The van der Waals surface area contributed by atoms with Gasteiger partial charge in [-0.1, -0.05) is 6.07 Å². The summed E-state index contributed by atoms with van der Waals surface area (Å²) in [6.45, 7) is 4.90. The fraction of sp³-hybridized carbons (Fsp3) is 0.280. The van der Waals surface area contributed by atoms with Gasteiger partial charge in [0.2, 0.25) is 10.0 Å². The number of anilines is 2. The van der Waals surface area contributed by atoms with Crippen LogP contribution >= 0.6 is 0 Å². The van der Waals surface area contributed by atoms with E-state index in [-0.39, 0.29) is 10.9 Å². The lowest BCUT2D eigenvalue weighted by Gasteiger charge is -2.35. The zero-order valence-electron chi connectivity index (χ0n) is 19.6. The first-order chi connectivity index (χ1) is 17.0. The van der Waals surface area contributed by atoms with Gasteiger partial charge in [-0.3, -0.25) is 4.98 Å². The second-order valence-corrected chi connectivity index (χ2v) is 9.95. The molecule has 1 aliphatic heterocycles. The van der Waals surface area contributed by atoms with E-state index in [0.717, 1.165) is 17.0 Å². The van der Waals surface area contributed by atoms with E-state index in [0.29, 0.717) is 45.0 Å². The van der Waals surface area contributed by atoms with Crippen LogP contribution in [0.2, 0.25) is 0 Å². The molecule has 0 bridgehead atoms. The zero-order valence-corrected chi connectivity index (χ0v) is 20.4. The lowest BCUT2D eigenvalue weighted by atomic mass is 10.2. The number of nitrogens with zero attached hydrogens (tertiary/aromatic N) is 3. The van der Waals surface area contributed by atoms with E-state index < -0.39 is 10.0 Å². The molecule has 1 aromatic heterocycles. The zero-order chi connectivity index (χ0) is 24.7. The summed E-state index contributed by atoms with van der Waals surface area (Å²) >= 11 is 0. The van der Waals surface area contributed by atoms with Crippen LogP contribution in [0.25, 0.3) is 0 Å². The van der Waals surface area contributed by atoms with Gasteiger partial charge in [0.1, 0.15) is 5.75 Å². The Kier molecular flexibility index (Phi) is 7.84. The van der Waals surface area contributed by atoms with Crippen molar-refractivity contribution in [3.8, 4) is 5.75 Å². The summed E-state index contributed by atoms with van der Waals surface area (Å²) < 4.78 is 33.2.